The first-order chi connectivity index (χ1) is 11.6. The summed E-state index contributed by atoms with van der Waals surface area (Å²) in [6.07, 6.45) is 5.69. The van der Waals surface area contributed by atoms with E-state index in [4.69, 9.17) is 14.2 Å². The lowest BCUT2D eigenvalue weighted by Gasteiger charge is -2.37. The molecule has 4 rings (SSSR count). The molecule has 1 aliphatic carbocycles. The summed E-state index contributed by atoms with van der Waals surface area (Å²) >= 11 is 0. The molecule has 3 fully saturated rings. The molecule has 0 aromatic carbocycles. The Morgan fingerprint density at radius 1 is 1.38 bits per heavy atom. The standard InChI is InChI=1S/C18H24N2O4/c1-13-11-23-18(24-13)6-8-20(9-7-18)17(21)15-4-5-16(19-10-15)22-12-14-2-3-14/h4-5,10,13-14H,2-3,6-9,11-12H2,1H3. The summed E-state index contributed by atoms with van der Waals surface area (Å²) in [6.45, 7) is 4.68. The molecule has 1 unspecified atom stereocenters. The van der Waals surface area contributed by atoms with Crippen LogP contribution in [0.3, 0.4) is 0 Å². The number of hydrogen-bond acceptors (Lipinski definition) is 5. The number of carbonyl (C=O) groups is 1. The van der Waals surface area contributed by atoms with E-state index >= 15 is 0 Å². The number of nitrogens with zero attached hydrogens (tertiary/aromatic N) is 2. The Balaban J connectivity index is 1.32. The zero-order valence-electron chi connectivity index (χ0n) is 14.1. The Kier molecular flexibility index (Phi) is 4.18. The average molecular weight is 332 g/mol. The van der Waals surface area contributed by atoms with Crippen LogP contribution in [0.25, 0.3) is 0 Å². The minimum Gasteiger partial charge on any atom is -0.477 e. The fraction of sp³-hybridized carbons (Fsp3) is 0.667. The molecule has 0 bridgehead atoms. The summed E-state index contributed by atoms with van der Waals surface area (Å²) in [5, 5.41) is 0. The number of amides is 1. The summed E-state index contributed by atoms with van der Waals surface area (Å²) in [4.78, 5) is 18.7. The van der Waals surface area contributed by atoms with Crippen molar-refractivity contribution in [2.24, 2.45) is 5.92 Å². The van der Waals surface area contributed by atoms with Gasteiger partial charge < -0.3 is 19.1 Å². The van der Waals surface area contributed by atoms with Crippen LogP contribution in [0.2, 0.25) is 0 Å². The molecule has 2 aliphatic heterocycles. The van der Waals surface area contributed by atoms with Crippen molar-refractivity contribution in [1.29, 1.82) is 0 Å². The fourth-order valence-electron chi connectivity index (χ4n) is 3.28. The van der Waals surface area contributed by atoms with Gasteiger partial charge >= 0.3 is 0 Å². The van der Waals surface area contributed by atoms with Crippen molar-refractivity contribution in [3.8, 4) is 5.88 Å². The maximum absolute atomic E-state index is 12.6. The molecular weight excluding hydrogens is 308 g/mol. The van der Waals surface area contributed by atoms with Gasteiger partial charge in [-0.15, -0.1) is 0 Å². The first-order valence-corrected chi connectivity index (χ1v) is 8.83. The molecular formula is C18H24N2O4. The summed E-state index contributed by atoms with van der Waals surface area (Å²) < 4.78 is 17.3. The van der Waals surface area contributed by atoms with Gasteiger partial charge in [0.25, 0.3) is 5.91 Å². The van der Waals surface area contributed by atoms with Crippen LogP contribution < -0.4 is 4.74 Å². The Labute approximate surface area is 142 Å². The van der Waals surface area contributed by atoms with E-state index in [2.05, 4.69) is 4.98 Å². The zero-order valence-corrected chi connectivity index (χ0v) is 14.1. The normalized spacial score (nSPS) is 25.9. The SMILES string of the molecule is CC1COC2(CCN(C(=O)c3ccc(OCC4CC4)nc3)CC2)O1. The molecule has 2 saturated heterocycles. The third-order valence-corrected chi connectivity index (χ3v) is 4.96. The summed E-state index contributed by atoms with van der Waals surface area (Å²) in [6, 6.07) is 3.58. The third-order valence-electron chi connectivity index (χ3n) is 4.96. The number of hydrogen-bond donors (Lipinski definition) is 0. The predicted octanol–water partition coefficient (Wildman–Crippen LogP) is 2.24. The molecule has 6 heteroatoms. The van der Waals surface area contributed by atoms with Crippen molar-refractivity contribution in [2.45, 2.75) is 44.5 Å². The first kappa shape index (κ1) is 15.8. The summed E-state index contributed by atoms with van der Waals surface area (Å²) in [5.74, 6) is 0.820. The minimum atomic E-state index is -0.477. The third kappa shape index (κ3) is 3.39. The van der Waals surface area contributed by atoms with Crippen LogP contribution in [0.5, 0.6) is 5.88 Å². The molecule has 1 aromatic heterocycles. The quantitative estimate of drug-likeness (QED) is 0.846. The van der Waals surface area contributed by atoms with E-state index in [0.717, 1.165) is 19.4 Å². The first-order valence-electron chi connectivity index (χ1n) is 8.83. The van der Waals surface area contributed by atoms with Gasteiger partial charge in [-0.2, -0.15) is 0 Å². The number of pyridine rings is 1. The highest BCUT2D eigenvalue weighted by Crippen LogP contribution is 2.34. The summed E-state index contributed by atoms with van der Waals surface area (Å²) in [7, 11) is 0. The highest BCUT2D eigenvalue weighted by molar-refractivity contribution is 5.94. The van der Waals surface area contributed by atoms with E-state index in [-0.39, 0.29) is 12.0 Å². The fourth-order valence-corrected chi connectivity index (χ4v) is 3.28. The zero-order chi connectivity index (χ0) is 16.6. The highest BCUT2D eigenvalue weighted by Gasteiger charge is 2.43. The van der Waals surface area contributed by atoms with Crippen LogP contribution in [0.1, 0.15) is 43.0 Å². The van der Waals surface area contributed by atoms with E-state index in [1.807, 2.05) is 11.8 Å². The van der Waals surface area contributed by atoms with Gasteiger partial charge in [-0.25, -0.2) is 4.98 Å². The maximum Gasteiger partial charge on any atom is 0.255 e. The molecule has 6 nitrogen and oxygen atoms in total. The van der Waals surface area contributed by atoms with Crippen molar-refractivity contribution in [2.75, 3.05) is 26.3 Å². The molecule has 1 saturated carbocycles. The molecule has 3 heterocycles. The maximum atomic E-state index is 12.6. The molecule has 1 amide bonds. The van der Waals surface area contributed by atoms with Crippen LogP contribution in [-0.2, 0) is 9.47 Å². The second kappa shape index (κ2) is 6.33. The topological polar surface area (TPSA) is 60.9 Å². The van der Waals surface area contributed by atoms with E-state index < -0.39 is 5.79 Å². The van der Waals surface area contributed by atoms with E-state index in [9.17, 15) is 4.79 Å². The van der Waals surface area contributed by atoms with Crippen molar-refractivity contribution in [1.82, 2.24) is 9.88 Å². The molecule has 1 aromatic rings. The Morgan fingerprint density at radius 3 is 2.75 bits per heavy atom. The molecule has 0 radical (unpaired) electrons. The van der Waals surface area contributed by atoms with Gasteiger partial charge in [-0.05, 0) is 31.7 Å². The van der Waals surface area contributed by atoms with Gasteiger partial charge in [0, 0.05) is 38.2 Å². The van der Waals surface area contributed by atoms with Crippen LogP contribution in [0.15, 0.2) is 18.3 Å². The number of carbonyl (C=O) groups excluding carboxylic acids is 1. The Morgan fingerprint density at radius 2 is 2.17 bits per heavy atom. The highest BCUT2D eigenvalue weighted by atomic mass is 16.7. The second-order valence-corrected chi connectivity index (χ2v) is 7.08. The Bertz CT molecular complexity index is 592. The Hall–Kier alpha value is -1.66. The lowest BCUT2D eigenvalue weighted by Crippen LogP contribution is -2.47. The van der Waals surface area contributed by atoms with Crippen molar-refractivity contribution < 1.29 is 19.0 Å². The number of ether oxygens (including phenoxy) is 3. The van der Waals surface area contributed by atoms with Gasteiger partial charge in [-0.1, -0.05) is 0 Å². The van der Waals surface area contributed by atoms with Gasteiger partial charge in [-0.3, -0.25) is 4.79 Å². The molecule has 3 aliphatic rings. The predicted molar refractivity (Wildman–Crippen MR) is 86.8 cm³/mol. The number of piperidine rings is 1. The number of aromatic nitrogens is 1. The molecule has 1 atom stereocenters. The van der Waals surface area contributed by atoms with Gasteiger partial charge in [0.1, 0.15) is 0 Å². The average Bonchev–Trinajstić information content (AvgIpc) is 3.37. The lowest BCUT2D eigenvalue weighted by atomic mass is 10.0. The van der Waals surface area contributed by atoms with Crippen LogP contribution >= 0.6 is 0 Å². The van der Waals surface area contributed by atoms with Crippen LogP contribution in [-0.4, -0.2) is 54.0 Å². The summed E-state index contributed by atoms with van der Waals surface area (Å²) in [5.41, 5.74) is 0.603. The minimum absolute atomic E-state index is 0.0112. The largest absolute Gasteiger partial charge is 0.477 e. The van der Waals surface area contributed by atoms with Gasteiger partial charge in [0.05, 0.1) is 24.9 Å². The van der Waals surface area contributed by atoms with E-state index in [0.29, 0.717) is 37.1 Å². The lowest BCUT2D eigenvalue weighted by molar-refractivity contribution is -0.189. The molecule has 24 heavy (non-hydrogen) atoms. The van der Waals surface area contributed by atoms with Crippen molar-refractivity contribution in [3.63, 3.8) is 0 Å². The van der Waals surface area contributed by atoms with Gasteiger partial charge in [0.2, 0.25) is 5.88 Å². The van der Waals surface area contributed by atoms with Crippen molar-refractivity contribution in [3.05, 3.63) is 23.9 Å². The number of rotatable bonds is 4. The monoisotopic (exact) mass is 332 g/mol. The second-order valence-electron chi connectivity index (χ2n) is 7.08. The van der Waals surface area contributed by atoms with Crippen LogP contribution in [0, 0.1) is 5.92 Å². The van der Waals surface area contributed by atoms with E-state index in [1.165, 1.54) is 12.8 Å². The molecule has 0 N–H and O–H groups in total. The van der Waals surface area contributed by atoms with Gasteiger partial charge in [0.15, 0.2) is 5.79 Å². The van der Waals surface area contributed by atoms with E-state index in [1.54, 1.807) is 18.3 Å². The number of likely N-dealkylation sites (tertiary alicyclic amines) is 1. The smallest absolute Gasteiger partial charge is 0.255 e. The molecule has 130 valence electrons. The van der Waals surface area contributed by atoms with Crippen molar-refractivity contribution >= 4 is 5.91 Å². The molecule has 1 spiro atoms. The van der Waals surface area contributed by atoms with Crippen LogP contribution in [0.4, 0.5) is 0 Å².